The second-order valence-electron chi connectivity index (χ2n) is 3.87. The molecular weight excluding hydrogens is 316 g/mol. The van der Waals surface area contributed by atoms with E-state index in [2.05, 4.69) is 20.9 Å². The molecule has 1 heterocycles. The molecule has 2 aromatic rings. The second-order valence-corrected chi connectivity index (χ2v) is 4.79. The van der Waals surface area contributed by atoms with E-state index < -0.39 is 10.6 Å². The summed E-state index contributed by atoms with van der Waals surface area (Å²) in [6.07, 6.45) is 2.10. The molecule has 0 bridgehead atoms. The zero-order chi connectivity index (χ0) is 14.0. The molecule has 0 radical (unpaired) electrons. The van der Waals surface area contributed by atoms with Gasteiger partial charge in [-0.25, -0.2) is 4.79 Å². The standard InChI is InChI=1S/C11H9BrN4O3/c12-8-1-7(2-9(13)3-8)5-15-6-10(16(18)19)4-14-11(15)17/h1-4,6H,5,13H2. The Morgan fingerprint density at radius 3 is 2.79 bits per heavy atom. The molecule has 0 aliphatic heterocycles. The van der Waals surface area contributed by atoms with Crippen LogP contribution in [0.4, 0.5) is 11.4 Å². The Hall–Kier alpha value is -2.22. The molecule has 7 nitrogen and oxygen atoms in total. The van der Waals surface area contributed by atoms with Gasteiger partial charge < -0.3 is 5.73 Å². The number of hydrogen-bond acceptors (Lipinski definition) is 5. The Morgan fingerprint density at radius 2 is 2.16 bits per heavy atom. The fraction of sp³-hybridized carbons (Fsp3) is 0.0909. The predicted octanol–water partition coefficient (Wildman–Crippen LogP) is 1.54. The van der Waals surface area contributed by atoms with E-state index >= 15 is 0 Å². The Morgan fingerprint density at radius 1 is 1.42 bits per heavy atom. The van der Waals surface area contributed by atoms with Crippen molar-refractivity contribution < 1.29 is 4.92 Å². The Labute approximate surface area is 116 Å². The van der Waals surface area contributed by atoms with Crippen molar-refractivity contribution in [1.29, 1.82) is 0 Å². The molecule has 1 aromatic carbocycles. The summed E-state index contributed by atoms with van der Waals surface area (Å²) in [4.78, 5) is 25.1. The van der Waals surface area contributed by atoms with Crippen molar-refractivity contribution in [3.05, 3.63) is 61.2 Å². The van der Waals surface area contributed by atoms with Crippen LogP contribution >= 0.6 is 15.9 Å². The lowest BCUT2D eigenvalue weighted by atomic mass is 10.2. The Kier molecular flexibility index (Phi) is 3.61. The third-order valence-corrected chi connectivity index (χ3v) is 2.84. The molecule has 8 heteroatoms. The smallest absolute Gasteiger partial charge is 0.348 e. The lowest BCUT2D eigenvalue weighted by Gasteiger charge is -2.06. The number of nitrogens with zero attached hydrogens (tertiary/aromatic N) is 3. The number of benzene rings is 1. The van der Waals surface area contributed by atoms with E-state index in [9.17, 15) is 14.9 Å². The first-order valence-electron chi connectivity index (χ1n) is 5.21. The number of rotatable bonds is 3. The molecule has 0 aliphatic rings. The van der Waals surface area contributed by atoms with Crippen LogP contribution in [0.25, 0.3) is 0 Å². The third kappa shape index (κ3) is 3.16. The van der Waals surface area contributed by atoms with Gasteiger partial charge in [-0.2, -0.15) is 4.98 Å². The zero-order valence-electron chi connectivity index (χ0n) is 9.62. The van der Waals surface area contributed by atoms with Gasteiger partial charge in [-0.1, -0.05) is 15.9 Å². The van der Waals surface area contributed by atoms with Crippen LogP contribution in [0.15, 0.2) is 39.9 Å². The maximum atomic E-state index is 11.6. The average molecular weight is 325 g/mol. The topological polar surface area (TPSA) is 104 Å². The van der Waals surface area contributed by atoms with Crippen molar-refractivity contribution in [2.75, 3.05) is 5.73 Å². The maximum Gasteiger partial charge on any atom is 0.348 e. The summed E-state index contributed by atoms with van der Waals surface area (Å²) in [5.74, 6) is 0. The minimum Gasteiger partial charge on any atom is -0.399 e. The van der Waals surface area contributed by atoms with Gasteiger partial charge in [0.25, 0.3) is 0 Å². The number of nitrogen functional groups attached to an aromatic ring is 1. The number of aromatic nitrogens is 2. The first-order chi connectivity index (χ1) is 8.95. The van der Waals surface area contributed by atoms with Gasteiger partial charge in [0.2, 0.25) is 0 Å². The van der Waals surface area contributed by atoms with Gasteiger partial charge in [0.1, 0.15) is 6.20 Å². The lowest BCUT2D eigenvalue weighted by molar-refractivity contribution is -0.385. The van der Waals surface area contributed by atoms with Crippen LogP contribution in [0.3, 0.4) is 0 Å². The van der Waals surface area contributed by atoms with Gasteiger partial charge in [0.05, 0.1) is 17.7 Å². The summed E-state index contributed by atoms with van der Waals surface area (Å²) >= 11 is 3.29. The van der Waals surface area contributed by atoms with Crippen LogP contribution in [0.1, 0.15) is 5.56 Å². The van der Waals surface area contributed by atoms with Crippen LogP contribution in [0.5, 0.6) is 0 Å². The summed E-state index contributed by atoms with van der Waals surface area (Å²) in [6.45, 7) is 0.164. The van der Waals surface area contributed by atoms with Gasteiger partial charge in [-0.05, 0) is 23.8 Å². The zero-order valence-corrected chi connectivity index (χ0v) is 11.2. The molecule has 0 spiro atoms. The number of hydrogen-bond donors (Lipinski definition) is 1. The highest BCUT2D eigenvalue weighted by atomic mass is 79.9. The van der Waals surface area contributed by atoms with Crippen LogP contribution in [-0.4, -0.2) is 14.5 Å². The van der Waals surface area contributed by atoms with E-state index in [0.29, 0.717) is 5.69 Å². The van der Waals surface area contributed by atoms with Crippen LogP contribution in [0, 0.1) is 10.1 Å². The summed E-state index contributed by atoms with van der Waals surface area (Å²) in [6, 6.07) is 5.19. The maximum absolute atomic E-state index is 11.6. The summed E-state index contributed by atoms with van der Waals surface area (Å²) in [5.41, 5.74) is 6.19. The van der Waals surface area contributed by atoms with E-state index in [1.807, 2.05) is 0 Å². The molecule has 19 heavy (non-hydrogen) atoms. The molecule has 2 rings (SSSR count). The SMILES string of the molecule is Nc1cc(Br)cc(Cn2cc([N+](=O)[O-])cnc2=O)c1. The molecule has 2 N–H and O–H groups in total. The fourth-order valence-electron chi connectivity index (χ4n) is 1.61. The van der Waals surface area contributed by atoms with Crippen molar-refractivity contribution in [2.24, 2.45) is 0 Å². The molecule has 0 saturated carbocycles. The van der Waals surface area contributed by atoms with E-state index in [1.165, 1.54) is 4.57 Å². The summed E-state index contributed by atoms with van der Waals surface area (Å²) < 4.78 is 1.94. The first-order valence-corrected chi connectivity index (χ1v) is 6.01. The molecule has 0 saturated heterocycles. The number of anilines is 1. The Bertz CT molecular complexity index is 678. The van der Waals surface area contributed by atoms with E-state index in [4.69, 9.17) is 5.73 Å². The van der Waals surface area contributed by atoms with Crippen LogP contribution in [0.2, 0.25) is 0 Å². The highest BCUT2D eigenvalue weighted by Crippen LogP contribution is 2.18. The number of nitrogens with two attached hydrogens (primary N) is 1. The van der Waals surface area contributed by atoms with Gasteiger partial charge in [-0.15, -0.1) is 0 Å². The van der Waals surface area contributed by atoms with Crippen LogP contribution in [-0.2, 0) is 6.54 Å². The average Bonchev–Trinajstić information content (AvgIpc) is 2.30. The van der Waals surface area contributed by atoms with Crippen molar-refractivity contribution in [3.63, 3.8) is 0 Å². The minimum atomic E-state index is -0.599. The van der Waals surface area contributed by atoms with Crippen molar-refractivity contribution in [2.45, 2.75) is 6.54 Å². The second kappa shape index (κ2) is 5.19. The van der Waals surface area contributed by atoms with Crippen molar-refractivity contribution in [1.82, 2.24) is 9.55 Å². The molecule has 1 aromatic heterocycles. The summed E-state index contributed by atoms with van der Waals surface area (Å²) in [5, 5.41) is 10.6. The Balaban J connectivity index is 2.40. The van der Waals surface area contributed by atoms with Gasteiger partial charge in [0.15, 0.2) is 0 Å². The van der Waals surface area contributed by atoms with Crippen molar-refractivity contribution >= 4 is 27.3 Å². The lowest BCUT2D eigenvalue weighted by Crippen LogP contribution is -2.23. The van der Waals surface area contributed by atoms with Crippen LogP contribution < -0.4 is 11.4 Å². The first kappa shape index (κ1) is 13.2. The molecule has 0 fully saturated rings. The molecule has 0 atom stereocenters. The largest absolute Gasteiger partial charge is 0.399 e. The summed E-state index contributed by atoms with van der Waals surface area (Å²) in [7, 11) is 0. The molecule has 0 unspecified atom stereocenters. The van der Waals surface area contributed by atoms with Gasteiger partial charge >= 0.3 is 11.4 Å². The highest BCUT2D eigenvalue weighted by molar-refractivity contribution is 9.10. The van der Waals surface area contributed by atoms with E-state index in [-0.39, 0.29) is 12.2 Å². The van der Waals surface area contributed by atoms with Gasteiger partial charge in [-0.3, -0.25) is 14.7 Å². The highest BCUT2D eigenvalue weighted by Gasteiger charge is 2.09. The predicted molar refractivity (Wildman–Crippen MR) is 72.8 cm³/mol. The molecule has 98 valence electrons. The van der Waals surface area contributed by atoms with Gasteiger partial charge in [0, 0.05) is 10.2 Å². The molecule has 0 aliphatic carbocycles. The third-order valence-electron chi connectivity index (χ3n) is 2.38. The molecule has 0 amide bonds. The quantitative estimate of drug-likeness (QED) is 0.524. The minimum absolute atomic E-state index is 0.164. The van der Waals surface area contributed by atoms with E-state index in [0.717, 1.165) is 22.4 Å². The monoisotopic (exact) mass is 324 g/mol. The number of halogens is 1. The molecular formula is C11H9BrN4O3. The number of nitro groups is 1. The van der Waals surface area contributed by atoms with Crippen molar-refractivity contribution in [3.8, 4) is 0 Å². The van der Waals surface area contributed by atoms with E-state index in [1.54, 1.807) is 18.2 Å². The normalized spacial score (nSPS) is 10.4. The fourth-order valence-corrected chi connectivity index (χ4v) is 2.17.